The monoisotopic (exact) mass is 2110 g/mol. The zero-order chi connectivity index (χ0) is 84.8. The van der Waals surface area contributed by atoms with Crippen molar-refractivity contribution in [2.75, 3.05) is 0 Å². The second-order valence-electron chi connectivity index (χ2n) is 34.5. The molecule has 12 rings (SSSR count). The van der Waals surface area contributed by atoms with E-state index in [0.717, 1.165) is 79.9 Å². The average Bonchev–Trinajstić information content (AvgIpc) is 0.795. The van der Waals surface area contributed by atoms with Crippen LogP contribution in [0.3, 0.4) is 0 Å². The van der Waals surface area contributed by atoms with Crippen LogP contribution in [-0.4, -0.2) is 47.6 Å². The van der Waals surface area contributed by atoms with Gasteiger partial charge in [0, 0.05) is 118 Å². The first kappa shape index (κ1) is 101. The topological polar surface area (TPSA) is 151 Å². The number of allylic oxidation sites excluding steroid dienone is 6. The number of aliphatic hydroxyl groups excluding tert-OH is 3. The molecule has 0 amide bonds. The maximum absolute atomic E-state index is 11.5. The molecule has 12 aromatic rings. The number of carbonyl (C=O) groups excluding carboxylic acids is 3. The molecule has 3 radical (unpaired) electrons. The van der Waals surface area contributed by atoms with E-state index in [1.54, 1.807) is 0 Å². The van der Waals surface area contributed by atoms with E-state index in [2.05, 4.69) is 289 Å². The van der Waals surface area contributed by atoms with E-state index in [-0.39, 0.29) is 100 Å². The average molecular weight is 2110 g/mol. The number of aliphatic hydroxyl groups is 3. The maximum Gasteiger partial charge on any atom is 0.164 e. The first-order valence-corrected chi connectivity index (χ1v) is 40.3. The van der Waals surface area contributed by atoms with Crippen molar-refractivity contribution in [1.82, 2.24) is 15.0 Å². The second kappa shape index (κ2) is 47.0. The van der Waals surface area contributed by atoms with Crippen molar-refractivity contribution >= 4 is 50.1 Å². The van der Waals surface area contributed by atoms with Gasteiger partial charge in [-0.1, -0.05) is 265 Å². The van der Waals surface area contributed by atoms with Crippen LogP contribution in [0, 0.1) is 108 Å². The van der Waals surface area contributed by atoms with Crippen LogP contribution in [0.25, 0.3) is 99.9 Å². The van der Waals surface area contributed by atoms with Gasteiger partial charge >= 0.3 is 0 Å². The van der Waals surface area contributed by atoms with Crippen molar-refractivity contribution in [3.63, 3.8) is 0 Å². The number of aryl methyl sites for hydroxylation is 8. The molecular formula is C106H122Ir3N3O6-3. The predicted octanol–water partition coefficient (Wildman–Crippen LogP) is 28.2. The van der Waals surface area contributed by atoms with Crippen molar-refractivity contribution in [2.45, 2.75) is 192 Å². The predicted molar refractivity (Wildman–Crippen MR) is 486 cm³/mol. The molecule has 12 heteroatoms. The second-order valence-corrected chi connectivity index (χ2v) is 34.5. The van der Waals surface area contributed by atoms with E-state index in [4.69, 9.17) is 20.1 Å². The van der Waals surface area contributed by atoms with E-state index in [9.17, 15) is 24.6 Å². The van der Waals surface area contributed by atoms with E-state index in [0.29, 0.717) is 36.5 Å². The molecule has 0 bridgehead atoms. The van der Waals surface area contributed by atoms with Crippen LogP contribution in [0.1, 0.15) is 179 Å². The summed E-state index contributed by atoms with van der Waals surface area (Å²) in [6.07, 6.45) is 7.04. The van der Waals surface area contributed by atoms with E-state index in [1.165, 1.54) is 121 Å². The van der Waals surface area contributed by atoms with Crippen molar-refractivity contribution in [2.24, 2.45) is 34.5 Å². The van der Waals surface area contributed by atoms with Crippen LogP contribution in [0.15, 0.2) is 230 Å². The van der Waals surface area contributed by atoms with E-state index >= 15 is 0 Å². The number of fused-ring (bicyclic) bond motifs is 3. The van der Waals surface area contributed by atoms with Crippen molar-refractivity contribution in [3.8, 4) is 67.2 Å². The molecule has 0 spiro atoms. The molecule has 9 aromatic carbocycles. The number of benzene rings is 9. The van der Waals surface area contributed by atoms with Gasteiger partial charge in [-0.05, 0) is 168 Å². The molecule has 3 heterocycles. The minimum absolute atomic E-state index is 0. The molecule has 3 N–H and O–H groups in total. The fraction of sp³-hybridized carbons (Fsp3) is 0.321. The molecule has 0 saturated heterocycles. The van der Waals surface area contributed by atoms with Gasteiger partial charge in [0.15, 0.2) is 17.3 Å². The van der Waals surface area contributed by atoms with Crippen LogP contribution in [0.5, 0.6) is 0 Å². The summed E-state index contributed by atoms with van der Waals surface area (Å²) in [6.45, 7) is 48.0. The fourth-order valence-corrected chi connectivity index (χ4v) is 13.3. The number of pyridine rings is 3. The third-order valence-corrected chi connectivity index (χ3v) is 18.6. The van der Waals surface area contributed by atoms with Crippen LogP contribution < -0.4 is 0 Å². The molecule has 627 valence electrons. The molecule has 118 heavy (non-hydrogen) atoms. The maximum atomic E-state index is 11.5. The van der Waals surface area contributed by atoms with E-state index < -0.39 is 5.41 Å². The number of hydrogen-bond donors (Lipinski definition) is 3. The summed E-state index contributed by atoms with van der Waals surface area (Å²) >= 11 is 0. The Bertz CT molecular complexity index is 5380. The Kier molecular flexibility index (Phi) is 40.3. The first-order chi connectivity index (χ1) is 54.1. The van der Waals surface area contributed by atoms with Crippen molar-refractivity contribution < 1.29 is 90.0 Å². The zero-order valence-electron chi connectivity index (χ0n) is 73.8. The Morgan fingerprint density at radius 2 is 0.737 bits per heavy atom. The van der Waals surface area contributed by atoms with Gasteiger partial charge in [-0.2, -0.15) is 0 Å². The molecule has 0 atom stereocenters. The summed E-state index contributed by atoms with van der Waals surface area (Å²) in [5, 5.41) is 31.0. The van der Waals surface area contributed by atoms with Gasteiger partial charge in [0.25, 0.3) is 0 Å². The molecule has 0 aliphatic carbocycles. The van der Waals surface area contributed by atoms with Gasteiger partial charge in [0.2, 0.25) is 0 Å². The standard InChI is InChI=1S/C28H28N.C27H26N.C24H20N.2C11H20O2.C5H8O2.3Ir/c1-18(2)11-24-17-28(25-14-20(4)12-21(5)15-25)29-27-10-9-23(16-26(24)27)22-8-6-7-19(3)13-22;1-18(2)12-23-17-27(24-14-19(3)13-20(4)15-24)28-26-11-10-22(16-25(23)26)21-8-6-5-7-9-21;1-16-11-17(2)13-21(12-16)24-14-18(3)22-15-20(9-10-23(22)25-24)19-7-5-4-6-8-19;1-10(2,3)8(12)7-9(13)11(4,5)6;1-8(2)5-10(12)7-11(13)6-9(3)4;1-4(6)3-5(2)7;;;/h6-10,12-14,16-18H,11H2,1-5H3;5-11,13-14,16-18H,12H2,1-4H3;4-12,14-15H,1-3H3;7,12H,1-6H3;7-9,12H,5-6H2,1-4H3;3,6H,1-2H3;;;/q3*-1;;;;;;. The molecular weight excluding hydrogens is 1990 g/mol. The molecule has 9 nitrogen and oxygen atoms in total. The molecule has 0 aliphatic rings. The van der Waals surface area contributed by atoms with Crippen molar-refractivity contribution in [3.05, 3.63) is 303 Å². The normalized spacial score (nSPS) is 11.5. The zero-order valence-corrected chi connectivity index (χ0v) is 80.9. The molecule has 0 fully saturated rings. The summed E-state index contributed by atoms with van der Waals surface area (Å²) in [4.78, 5) is 47.6. The van der Waals surface area contributed by atoms with Crippen LogP contribution in [0.2, 0.25) is 0 Å². The summed E-state index contributed by atoms with van der Waals surface area (Å²) in [5.74, 6) is 2.19. The van der Waals surface area contributed by atoms with Gasteiger partial charge in [-0.15, -0.1) is 105 Å². The number of aromatic nitrogens is 3. The van der Waals surface area contributed by atoms with E-state index in [1.807, 2.05) is 75.3 Å². The summed E-state index contributed by atoms with van der Waals surface area (Å²) in [5.41, 5.74) is 28.5. The number of ketones is 3. The third kappa shape index (κ3) is 32.5. The number of nitrogens with zero attached hydrogens (tertiary/aromatic N) is 3. The fourth-order valence-electron chi connectivity index (χ4n) is 13.3. The van der Waals surface area contributed by atoms with Gasteiger partial charge in [0.05, 0.1) is 28.1 Å². The van der Waals surface area contributed by atoms with Gasteiger partial charge < -0.3 is 15.3 Å². The summed E-state index contributed by atoms with van der Waals surface area (Å²) in [7, 11) is 0. The Labute approximate surface area is 746 Å². The molecule has 0 aliphatic heterocycles. The Balaban J connectivity index is 0.000000312. The SMILES string of the molecule is CC(=O)C=C(C)O.CC(C)(C)C(=O)C=C(O)C(C)(C)C.CC(C)CC(=O)C=C(O)CC(C)C.Cc1[c-]c(-c2cc(C)c3cc(-c4ccccc4)ccc3n2)cc(C)c1.Cc1[c-]c(-c2cc(CC(C)C)c3cc(-c4cccc(C)c4)ccc3n2)cc(C)c1.Cc1[c-]c(-c2cc(CC(C)C)c3cc(-c4ccccc4)ccc3n2)cc(C)c1.[Ir].[Ir].[Ir]. The Hall–Kier alpha value is -9.21. The van der Waals surface area contributed by atoms with Gasteiger partial charge in [-0.25, -0.2) is 0 Å². The first-order valence-electron chi connectivity index (χ1n) is 40.3. The molecule has 3 aromatic heterocycles. The van der Waals surface area contributed by atoms with Crippen LogP contribution in [-0.2, 0) is 87.5 Å². The number of rotatable bonds is 17. The number of carbonyl (C=O) groups is 3. The number of hydrogen-bond acceptors (Lipinski definition) is 9. The Morgan fingerprint density at radius 1 is 0.373 bits per heavy atom. The molecule has 0 saturated carbocycles. The van der Waals surface area contributed by atoms with Crippen LogP contribution >= 0.6 is 0 Å². The van der Waals surface area contributed by atoms with Crippen LogP contribution in [0.4, 0.5) is 0 Å². The minimum atomic E-state index is -0.417. The van der Waals surface area contributed by atoms with Crippen molar-refractivity contribution in [1.29, 1.82) is 0 Å². The molecule has 0 unspecified atom stereocenters. The summed E-state index contributed by atoms with van der Waals surface area (Å²) in [6, 6.07) is 79.6. The largest absolute Gasteiger partial charge is 0.512 e. The smallest absolute Gasteiger partial charge is 0.164 e. The van der Waals surface area contributed by atoms with Gasteiger partial charge in [-0.3, -0.25) is 29.3 Å². The summed E-state index contributed by atoms with van der Waals surface area (Å²) < 4.78 is 0. The quantitative estimate of drug-likeness (QED) is 0.0460. The van der Waals surface area contributed by atoms with Gasteiger partial charge in [0.1, 0.15) is 5.76 Å². The minimum Gasteiger partial charge on any atom is -0.512 e. The Morgan fingerprint density at radius 3 is 1.08 bits per heavy atom. The third-order valence-electron chi connectivity index (χ3n) is 18.6.